The van der Waals surface area contributed by atoms with Gasteiger partial charge in [0.15, 0.2) is 0 Å². The molecule has 0 unspecified atom stereocenters. The zero-order valence-corrected chi connectivity index (χ0v) is 14.0. The molecule has 0 spiro atoms. The Morgan fingerprint density at radius 3 is 1.95 bits per heavy atom. The van der Waals surface area contributed by atoms with E-state index in [0.29, 0.717) is 6.04 Å². The van der Waals surface area contributed by atoms with E-state index in [-0.39, 0.29) is 24.8 Å². The van der Waals surface area contributed by atoms with Gasteiger partial charge in [0, 0.05) is 32.2 Å². The van der Waals surface area contributed by atoms with Gasteiger partial charge < -0.3 is 5.32 Å². The van der Waals surface area contributed by atoms with Crippen LogP contribution in [0, 0.1) is 20.8 Å². The summed E-state index contributed by atoms with van der Waals surface area (Å²) in [5.41, 5.74) is 5.77. The number of aryl methyl sites for hydroxylation is 3. The third kappa shape index (κ3) is 4.35. The van der Waals surface area contributed by atoms with E-state index in [1.54, 1.807) is 0 Å². The van der Waals surface area contributed by atoms with Crippen molar-refractivity contribution < 1.29 is 0 Å². The van der Waals surface area contributed by atoms with E-state index >= 15 is 0 Å². The fourth-order valence-electron chi connectivity index (χ4n) is 3.10. The molecule has 1 fully saturated rings. The van der Waals surface area contributed by atoms with Crippen LogP contribution in [0.5, 0.6) is 0 Å². The first-order valence-corrected chi connectivity index (χ1v) is 6.62. The summed E-state index contributed by atoms with van der Waals surface area (Å²) >= 11 is 0. The van der Waals surface area contributed by atoms with Crippen molar-refractivity contribution in [2.75, 3.05) is 26.2 Å². The Bertz CT molecular complexity index is 378. The molecule has 0 aromatic heterocycles. The number of piperazine rings is 1. The van der Waals surface area contributed by atoms with Crippen LogP contribution in [0.3, 0.4) is 0 Å². The van der Waals surface area contributed by atoms with Crippen molar-refractivity contribution in [3.8, 4) is 0 Å². The Balaban J connectivity index is 0.00000162. The van der Waals surface area contributed by atoms with Crippen molar-refractivity contribution in [3.63, 3.8) is 0 Å². The zero-order valence-electron chi connectivity index (χ0n) is 12.3. The van der Waals surface area contributed by atoms with Gasteiger partial charge >= 0.3 is 0 Å². The Hall–Kier alpha value is -0.280. The van der Waals surface area contributed by atoms with Gasteiger partial charge in [-0.3, -0.25) is 4.90 Å². The van der Waals surface area contributed by atoms with Crippen molar-refractivity contribution in [1.29, 1.82) is 0 Å². The summed E-state index contributed by atoms with van der Waals surface area (Å²) in [6.45, 7) is 13.6. The Labute approximate surface area is 129 Å². The first-order chi connectivity index (χ1) is 8.09. The smallest absolute Gasteiger partial charge is 0.0326 e. The minimum absolute atomic E-state index is 0. The summed E-state index contributed by atoms with van der Waals surface area (Å²) in [6.07, 6.45) is 0. The van der Waals surface area contributed by atoms with Gasteiger partial charge in [0.05, 0.1) is 0 Å². The molecule has 0 bridgehead atoms. The van der Waals surface area contributed by atoms with Gasteiger partial charge in [-0.05, 0) is 44.4 Å². The third-order valence-electron chi connectivity index (χ3n) is 3.86. The maximum absolute atomic E-state index is 3.42. The number of nitrogens with one attached hydrogen (secondary N) is 1. The summed E-state index contributed by atoms with van der Waals surface area (Å²) in [7, 11) is 0. The Morgan fingerprint density at radius 2 is 1.47 bits per heavy atom. The molecule has 0 amide bonds. The van der Waals surface area contributed by atoms with Crippen LogP contribution in [0.4, 0.5) is 0 Å². The minimum Gasteiger partial charge on any atom is -0.314 e. The summed E-state index contributed by atoms with van der Waals surface area (Å²) in [5, 5.41) is 3.42. The van der Waals surface area contributed by atoms with Crippen LogP contribution < -0.4 is 5.32 Å². The summed E-state index contributed by atoms with van der Waals surface area (Å²) < 4.78 is 0. The lowest BCUT2D eigenvalue weighted by molar-refractivity contribution is 0.184. The van der Waals surface area contributed by atoms with E-state index in [1.165, 1.54) is 22.3 Å². The SMILES string of the molecule is Cc1cc(C)c([C@H](C)N2CCNCC2)c(C)c1.Cl.Cl. The first-order valence-electron chi connectivity index (χ1n) is 6.62. The van der Waals surface area contributed by atoms with Gasteiger partial charge in [-0.15, -0.1) is 24.8 Å². The molecule has 2 rings (SSSR count). The average Bonchev–Trinajstić information content (AvgIpc) is 2.28. The van der Waals surface area contributed by atoms with Crippen LogP contribution in [0.1, 0.15) is 35.2 Å². The molecule has 2 nitrogen and oxygen atoms in total. The maximum atomic E-state index is 3.42. The Kier molecular flexibility index (Phi) is 7.99. The molecule has 0 radical (unpaired) electrons. The number of hydrogen-bond donors (Lipinski definition) is 1. The van der Waals surface area contributed by atoms with Crippen molar-refractivity contribution in [1.82, 2.24) is 10.2 Å². The number of benzene rings is 1. The molecular weight excluding hydrogens is 279 g/mol. The predicted octanol–water partition coefficient (Wildman–Crippen LogP) is 3.42. The monoisotopic (exact) mass is 304 g/mol. The van der Waals surface area contributed by atoms with Crippen LogP contribution in [0.2, 0.25) is 0 Å². The lowest BCUT2D eigenvalue weighted by Crippen LogP contribution is -2.44. The molecule has 4 heteroatoms. The van der Waals surface area contributed by atoms with Crippen LogP contribution in [-0.2, 0) is 0 Å². The molecule has 1 aromatic carbocycles. The number of rotatable bonds is 2. The number of nitrogens with zero attached hydrogens (tertiary/aromatic N) is 1. The average molecular weight is 305 g/mol. The van der Waals surface area contributed by atoms with Crippen LogP contribution in [0.25, 0.3) is 0 Å². The third-order valence-corrected chi connectivity index (χ3v) is 3.86. The quantitative estimate of drug-likeness (QED) is 0.900. The van der Waals surface area contributed by atoms with Crippen LogP contribution >= 0.6 is 24.8 Å². The molecule has 0 saturated carbocycles. The highest BCUT2D eigenvalue weighted by Gasteiger charge is 2.20. The number of hydrogen-bond acceptors (Lipinski definition) is 2. The van der Waals surface area contributed by atoms with Gasteiger partial charge in [0.25, 0.3) is 0 Å². The molecule has 1 atom stereocenters. The summed E-state index contributed by atoms with van der Waals surface area (Å²) in [4.78, 5) is 2.58. The molecule has 19 heavy (non-hydrogen) atoms. The standard InChI is InChI=1S/C15H24N2.2ClH/c1-11-9-12(2)15(13(3)10-11)14(4)17-7-5-16-6-8-17;;/h9-10,14,16H,5-8H2,1-4H3;2*1H/t14-;;/m0../s1. The zero-order chi connectivity index (χ0) is 12.4. The van der Waals surface area contributed by atoms with E-state index in [0.717, 1.165) is 26.2 Å². The van der Waals surface area contributed by atoms with E-state index in [2.05, 4.69) is 50.0 Å². The van der Waals surface area contributed by atoms with Gasteiger partial charge in [-0.25, -0.2) is 0 Å². The van der Waals surface area contributed by atoms with E-state index in [4.69, 9.17) is 0 Å². The molecule has 1 saturated heterocycles. The van der Waals surface area contributed by atoms with E-state index in [1.807, 2.05) is 0 Å². The summed E-state index contributed by atoms with van der Waals surface area (Å²) in [5.74, 6) is 0. The fourth-order valence-corrected chi connectivity index (χ4v) is 3.10. The molecule has 0 aliphatic carbocycles. The second-order valence-corrected chi connectivity index (χ2v) is 5.27. The van der Waals surface area contributed by atoms with Crippen molar-refractivity contribution in [2.45, 2.75) is 33.7 Å². The molecule has 1 N–H and O–H groups in total. The molecule has 110 valence electrons. The normalized spacial score (nSPS) is 17.3. The molecule has 1 heterocycles. The predicted molar refractivity (Wildman–Crippen MR) is 88.0 cm³/mol. The first kappa shape index (κ1) is 18.7. The lowest BCUT2D eigenvalue weighted by Gasteiger charge is -2.34. The van der Waals surface area contributed by atoms with Crippen LogP contribution in [0.15, 0.2) is 12.1 Å². The molecule has 1 aliphatic rings. The van der Waals surface area contributed by atoms with Gasteiger partial charge in [-0.2, -0.15) is 0 Å². The second-order valence-electron chi connectivity index (χ2n) is 5.27. The largest absolute Gasteiger partial charge is 0.314 e. The van der Waals surface area contributed by atoms with Crippen LogP contribution in [-0.4, -0.2) is 31.1 Å². The van der Waals surface area contributed by atoms with Crippen molar-refractivity contribution in [3.05, 3.63) is 34.4 Å². The topological polar surface area (TPSA) is 15.3 Å². The summed E-state index contributed by atoms with van der Waals surface area (Å²) in [6, 6.07) is 5.15. The second kappa shape index (κ2) is 8.11. The maximum Gasteiger partial charge on any atom is 0.0326 e. The van der Waals surface area contributed by atoms with Crippen molar-refractivity contribution in [2.24, 2.45) is 0 Å². The van der Waals surface area contributed by atoms with E-state index in [9.17, 15) is 0 Å². The van der Waals surface area contributed by atoms with E-state index < -0.39 is 0 Å². The minimum atomic E-state index is 0. The van der Waals surface area contributed by atoms with Gasteiger partial charge in [0.2, 0.25) is 0 Å². The molecule has 1 aliphatic heterocycles. The molecular formula is C15H26Cl2N2. The van der Waals surface area contributed by atoms with Crippen molar-refractivity contribution >= 4 is 24.8 Å². The highest BCUT2D eigenvalue weighted by molar-refractivity contribution is 5.85. The highest BCUT2D eigenvalue weighted by Crippen LogP contribution is 2.27. The molecule has 1 aromatic rings. The lowest BCUT2D eigenvalue weighted by atomic mass is 9.94. The fraction of sp³-hybridized carbons (Fsp3) is 0.600. The number of halogens is 2. The van der Waals surface area contributed by atoms with Gasteiger partial charge in [-0.1, -0.05) is 17.7 Å². The van der Waals surface area contributed by atoms with Gasteiger partial charge in [0.1, 0.15) is 0 Å². The Morgan fingerprint density at radius 1 is 1.00 bits per heavy atom. The highest BCUT2D eigenvalue weighted by atomic mass is 35.5.